The lowest BCUT2D eigenvalue weighted by atomic mass is 10.2. The van der Waals surface area contributed by atoms with Crippen LogP contribution in [0, 0.1) is 10.1 Å². The first-order valence-electron chi connectivity index (χ1n) is 4.32. The van der Waals surface area contributed by atoms with Gasteiger partial charge in [0.1, 0.15) is 12.4 Å². The van der Waals surface area contributed by atoms with Crippen LogP contribution in [0.25, 0.3) is 6.08 Å². The molecule has 0 spiro atoms. The minimum absolute atomic E-state index is 0.315. The maximum absolute atomic E-state index is 10.1. The maximum Gasteiger partial charge on any atom is 0.235 e. The summed E-state index contributed by atoms with van der Waals surface area (Å²) in [4.78, 5) is 19.6. The molecule has 0 aliphatic rings. The Labute approximate surface area is 90.9 Å². The van der Waals surface area contributed by atoms with Crippen LogP contribution in [-0.4, -0.2) is 17.5 Å². The number of ether oxygens (including phenoxy) is 1. The average Bonchev–Trinajstić information content (AvgIpc) is 2.24. The smallest absolute Gasteiger partial charge is 0.235 e. The second kappa shape index (κ2) is 5.50. The summed E-state index contributed by atoms with van der Waals surface area (Å²) in [6.07, 6.45) is 2.07. The van der Waals surface area contributed by atoms with Crippen molar-refractivity contribution in [2.45, 2.75) is 0 Å². The molecule has 0 unspecified atom stereocenters. The summed E-state index contributed by atoms with van der Waals surface area (Å²) in [6.45, 7) is -0.553. The van der Waals surface area contributed by atoms with Gasteiger partial charge in [0.15, 0.2) is 0 Å². The molecule has 0 heterocycles. The van der Waals surface area contributed by atoms with Gasteiger partial charge >= 0.3 is 0 Å². The molecule has 6 heteroatoms. The molecule has 0 atom stereocenters. The third-order valence-electron chi connectivity index (χ3n) is 1.60. The molecule has 0 aliphatic carbocycles. The molecule has 16 heavy (non-hydrogen) atoms. The van der Waals surface area contributed by atoms with Crippen molar-refractivity contribution in [1.82, 2.24) is 0 Å². The second-order valence-electron chi connectivity index (χ2n) is 2.83. The largest absolute Gasteiger partial charge is 0.546 e. The number of carbonyl (C=O) groups excluding carboxylic acids is 1. The van der Waals surface area contributed by atoms with E-state index in [0.717, 1.165) is 6.20 Å². The van der Waals surface area contributed by atoms with Gasteiger partial charge in [-0.2, -0.15) is 0 Å². The normalized spacial score (nSPS) is 10.2. The number of nitrogens with zero attached hydrogens (tertiary/aromatic N) is 1. The number of carbonyl (C=O) groups is 1. The zero-order valence-corrected chi connectivity index (χ0v) is 8.16. The van der Waals surface area contributed by atoms with Crippen molar-refractivity contribution in [2.75, 3.05) is 6.61 Å². The van der Waals surface area contributed by atoms with Crippen LogP contribution in [0.15, 0.2) is 30.5 Å². The Kier molecular flexibility index (Phi) is 4.02. The van der Waals surface area contributed by atoms with E-state index in [1.807, 2.05) is 0 Å². The molecule has 0 radical (unpaired) electrons. The van der Waals surface area contributed by atoms with Crippen LogP contribution in [0.3, 0.4) is 0 Å². The number of hydrogen-bond donors (Lipinski definition) is 0. The van der Waals surface area contributed by atoms with Crippen molar-refractivity contribution in [3.8, 4) is 5.75 Å². The third-order valence-corrected chi connectivity index (χ3v) is 1.60. The van der Waals surface area contributed by atoms with Gasteiger partial charge in [0.2, 0.25) is 6.20 Å². The summed E-state index contributed by atoms with van der Waals surface area (Å²) in [5, 5.41) is 20.2. The summed E-state index contributed by atoms with van der Waals surface area (Å²) in [7, 11) is 0. The number of rotatable bonds is 5. The van der Waals surface area contributed by atoms with Gasteiger partial charge in [0.25, 0.3) is 0 Å². The van der Waals surface area contributed by atoms with Gasteiger partial charge in [-0.15, -0.1) is 0 Å². The van der Waals surface area contributed by atoms with Crippen molar-refractivity contribution in [3.63, 3.8) is 0 Å². The van der Waals surface area contributed by atoms with E-state index in [-0.39, 0.29) is 0 Å². The Hall–Kier alpha value is -2.37. The molecule has 1 aromatic rings. The van der Waals surface area contributed by atoms with Gasteiger partial charge in [-0.1, -0.05) is 12.1 Å². The molecular weight excluding hydrogens is 214 g/mol. The third kappa shape index (κ3) is 4.23. The van der Waals surface area contributed by atoms with Crippen LogP contribution in [-0.2, 0) is 4.79 Å². The second-order valence-corrected chi connectivity index (χ2v) is 2.83. The Morgan fingerprint density at radius 1 is 1.50 bits per heavy atom. The topological polar surface area (TPSA) is 92.5 Å². The first-order valence-corrected chi connectivity index (χ1v) is 4.32. The van der Waals surface area contributed by atoms with E-state index >= 15 is 0 Å². The van der Waals surface area contributed by atoms with Gasteiger partial charge < -0.3 is 14.6 Å². The number of nitro groups is 1. The minimum atomic E-state index is -1.33. The predicted molar refractivity (Wildman–Crippen MR) is 53.0 cm³/mol. The molecule has 6 nitrogen and oxygen atoms in total. The number of hydrogen-bond acceptors (Lipinski definition) is 5. The van der Waals surface area contributed by atoms with E-state index in [1.165, 1.54) is 12.1 Å². The lowest BCUT2D eigenvalue weighted by Gasteiger charge is -2.06. The van der Waals surface area contributed by atoms with Gasteiger partial charge in [-0.3, -0.25) is 10.1 Å². The van der Waals surface area contributed by atoms with Crippen LogP contribution in [0.2, 0.25) is 0 Å². The van der Waals surface area contributed by atoms with E-state index in [2.05, 4.69) is 0 Å². The van der Waals surface area contributed by atoms with Crippen LogP contribution in [0.4, 0.5) is 0 Å². The quantitative estimate of drug-likeness (QED) is 0.518. The lowest BCUT2D eigenvalue weighted by molar-refractivity contribution is -0.400. The highest BCUT2D eigenvalue weighted by atomic mass is 16.6. The molecule has 0 amide bonds. The van der Waals surface area contributed by atoms with Crippen LogP contribution in [0.5, 0.6) is 5.75 Å². The highest BCUT2D eigenvalue weighted by molar-refractivity contribution is 5.66. The van der Waals surface area contributed by atoms with Crippen molar-refractivity contribution >= 4 is 12.0 Å². The SMILES string of the molecule is O=C([O-])COc1cccc(/C=C/[N+](=O)[O-])c1. The molecule has 0 saturated heterocycles. The number of aliphatic carboxylic acids is 1. The Bertz CT molecular complexity index is 427. The summed E-state index contributed by atoms with van der Waals surface area (Å²) in [5.74, 6) is -1.01. The summed E-state index contributed by atoms with van der Waals surface area (Å²) < 4.78 is 4.85. The standard InChI is InChI=1S/C10H9NO5/c12-10(13)7-16-9-3-1-2-8(6-9)4-5-11(14)15/h1-6H,7H2,(H,12,13)/p-1/b5-4+. The van der Waals surface area contributed by atoms with E-state index in [4.69, 9.17) is 4.74 Å². The van der Waals surface area contributed by atoms with Crippen LogP contribution < -0.4 is 9.84 Å². The van der Waals surface area contributed by atoms with Crippen molar-refractivity contribution in [3.05, 3.63) is 46.1 Å². The van der Waals surface area contributed by atoms with E-state index < -0.39 is 17.5 Å². The molecule has 1 aromatic carbocycles. The zero-order valence-electron chi connectivity index (χ0n) is 8.16. The number of carboxylic acids is 1. The van der Waals surface area contributed by atoms with E-state index in [1.54, 1.807) is 18.2 Å². The lowest BCUT2D eigenvalue weighted by Crippen LogP contribution is -2.28. The molecular formula is C10H8NO5-. The highest BCUT2D eigenvalue weighted by Gasteiger charge is 1.96. The van der Waals surface area contributed by atoms with Gasteiger partial charge in [-0.25, -0.2) is 0 Å². The predicted octanol–water partition coefficient (Wildman–Crippen LogP) is 0.0627. The molecule has 0 fully saturated rings. The minimum Gasteiger partial charge on any atom is -0.546 e. The van der Waals surface area contributed by atoms with E-state index in [0.29, 0.717) is 11.3 Å². The van der Waals surface area contributed by atoms with Crippen LogP contribution >= 0.6 is 0 Å². The molecule has 0 N–H and O–H groups in total. The Balaban J connectivity index is 2.71. The molecule has 0 bridgehead atoms. The average molecular weight is 222 g/mol. The van der Waals surface area contributed by atoms with Crippen LogP contribution in [0.1, 0.15) is 5.56 Å². The first kappa shape index (κ1) is 11.7. The fourth-order valence-electron chi connectivity index (χ4n) is 0.997. The van der Waals surface area contributed by atoms with E-state index in [9.17, 15) is 20.0 Å². The van der Waals surface area contributed by atoms with Gasteiger partial charge in [-0.05, 0) is 17.7 Å². The van der Waals surface area contributed by atoms with Crippen molar-refractivity contribution < 1.29 is 19.6 Å². The molecule has 0 aliphatic heterocycles. The molecule has 84 valence electrons. The molecule has 0 aromatic heterocycles. The Morgan fingerprint density at radius 3 is 2.88 bits per heavy atom. The maximum atomic E-state index is 10.1. The molecule has 1 rings (SSSR count). The summed E-state index contributed by atoms with van der Waals surface area (Å²) in [5.41, 5.74) is 0.549. The van der Waals surface area contributed by atoms with Gasteiger partial charge in [0.05, 0.1) is 10.9 Å². The zero-order chi connectivity index (χ0) is 12.0. The number of carboxylic acid groups (broad SMARTS) is 1. The fraction of sp³-hybridized carbons (Fsp3) is 0.100. The fourth-order valence-corrected chi connectivity index (χ4v) is 0.997. The van der Waals surface area contributed by atoms with Crippen molar-refractivity contribution in [1.29, 1.82) is 0 Å². The highest BCUT2D eigenvalue weighted by Crippen LogP contribution is 2.14. The summed E-state index contributed by atoms with van der Waals surface area (Å²) >= 11 is 0. The Morgan fingerprint density at radius 2 is 2.25 bits per heavy atom. The first-order chi connectivity index (χ1) is 7.58. The molecule has 0 saturated carbocycles. The van der Waals surface area contributed by atoms with Gasteiger partial charge in [0, 0.05) is 6.08 Å². The summed E-state index contributed by atoms with van der Waals surface area (Å²) in [6, 6.07) is 6.27. The monoisotopic (exact) mass is 222 g/mol. The number of benzene rings is 1. The van der Waals surface area contributed by atoms with Crippen molar-refractivity contribution in [2.24, 2.45) is 0 Å².